The van der Waals surface area contributed by atoms with Crippen LogP contribution < -0.4 is 9.64 Å². The first-order chi connectivity index (χ1) is 19.5. The molecule has 1 spiro atoms. The third-order valence-electron chi connectivity index (χ3n) is 8.56. The highest BCUT2D eigenvalue weighted by Crippen LogP contribution is 2.61. The van der Waals surface area contributed by atoms with Crippen LogP contribution in [0.2, 0.25) is 5.02 Å². The molecule has 3 aliphatic rings. The van der Waals surface area contributed by atoms with Crippen LogP contribution in [-0.4, -0.2) is 36.5 Å². The zero-order valence-electron chi connectivity index (χ0n) is 21.6. The summed E-state index contributed by atoms with van der Waals surface area (Å²) < 4.78 is 5.32. The smallest absolute Gasteiger partial charge is 0.185 e. The van der Waals surface area contributed by atoms with Gasteiger partial charge >= 0.3 is 0 Å². The number of ketones is 3. The highest BCUT2D eigenvalue weighted by atomic mass is 35.5. The first-order valence-corrected chi connectivity index (χ1v) is 13.5. The number of para-hydroxylation sites is 1. The summed E-state index contributed by atoms with van der Waals surface area (Å²) in [5.74, 6) is -0.874. The lowest BCUT2D eigenvalue weighted by molar-refractivity contribution is 0.0666. The normalized spacial score (nSPS) is 21.8. The minimum atomic E-state index is -1.55. The van der Waals surface area contributed by atoms with Crippen molar-refractivity contribution in [1.29, 1.82) is 0 Å². The van der Waals surface area contributed by atoms with Gasteiger partial charge in [-0.3, -0.25) is 14.4 Å². The molecule has 0 radical (unpaired) electrons. The Morgan fingerprint density at radius 3 is 2.20 bits per heavy atom. The number of ether oxygens (including phenoxy) is 1. The number of carbonyl (C=O) groups is 3. The fourth-order valence-electron chi connectivity index (χ4n) is 6.92. The number of hydrogen-bond acceptors (Lipinski definition) is 5. The molecular weight excluding hydrogens is 522 g/mol. The first kappa shape index (κ1) is 24.6. The molecule has 4 aromatic rings. The van der Waals surface area contributed by atoms with E-state index in [1.54, 1.807) is 73.8 Å². The maximum Gasteiger partial charge on any atom is 0.185 e. The van der Waals surface area contributed by atoms with Gasteiger partial charge in [-0.25, -0.2) is 0 Å². The molecule has 4 aromatic carbocycles. The Balaban J connectivity index is 1.53. The van der Waals surface area contributed by atoms with Crippen molar-refractivity contribution in [3.8, 4) is 5.75 Å². The van der Waals surface area contributed by atoms with Gasteiger partial charge < -0.3 is 9.64 Å². The number of anilines is 1. The van der Waals surface area contributed by atoms with Crippen LogP contribution in [0.4, 0.5) is 5.69 Å². The van der Waals surface area contributed by atoms with E-state index >= 15 is 0 Å². The standard InChI is InChI=1S/C34H24ClNO4/c1-40-24-16-13-21(14-17-24)31(37)30-29(22-8-6-9-23(35)19-22)34(32(38)25-10-3-4-11-26(25)33(34)39)28-18-15-20-7-2-5-12-27(20)36(28)30/h2-19,28-30H,1H3. The largest absolute Gasteiger partial charge is 0.497 e. The molecule has 2 heterocycles. The van der Waals surface area contributed by atoms with Crippen LogP contribution in [-0.2, 0) is 0 Å². The van der Waals surface area contributed by atoms with Crippen molar-refractivity contribution < 1.29 is 19.1 Å². The third-order valence-corrected chi connectivity index (χ3v) is 8.80. The van der Waals surface area contributed by atoms with Crippen molar-refractivity contribution in [2.24, 2.45) is 5.41 Å². The molecular formula is C34H24ClNO4. The second-order valence-electron chi connectivity index (χ2n) is 10.4. The van der Waals surface area contributed by atoms with Crippen LogP contribution in [0.25, 0.3) is 6.08 Å². The number of methoxy groups -OCH3 is 1. The van der Waals surface area contributed by atoms with Gasteiger partial charge in [0.2, 0.25) is 0 Å². The molecule has 0 aromatic heterocycles. The van der Waals surface area contributed by atoms with Crippen LogP contribution in [0, 0.1) is 5.41 Å². The number of halogens is 1. The van der Waals surface area contributed by atoms with Crippen molar-refractivity contribution in [2.75, 3.05) is 12.0 Å². The average Bonchev–Trinajstić information content (AvgIpc) is 3.43. The average molecular weight is 546 g/mol. The summed E-state index contributed by atoms with van der Waals surface area (Å²) in [5.41, 5.74) is 2.11. The number of rotatable bonds is 4. The summed E-state index contributed by atoms with van der Waals surface area (Å²) in [7, 11) is 1.57. The van der Waals surface area contributed by atoms with Gasteiger partial charge in [-0.05, 0) is 53.6 Å². The Kier molecular flexibility index (Phi) is 5.55. The van der Waals surface area contributed by atoms with Crippen molar-refractivity contribution in [3.63, 3.8) is 0 Å². The first-order valence-electron chi connectivity index (χ1n) is 13.1. The maximum absolute atomic E-state index is 14.6. The molecule has 3 atom stereocenters. The number of benzene rings is 4. The zero-order chi connectivity index (χ0) is 27.6. The van der Waals surface area contributed by atoms with Crippen LogP contribution in [0.3, 0.4) is 0 Å². The van der Waals surface area contributed by atoms with Crippen molar-refractivity contribution in [3.05, 3.63) is 136 Å². The predicted octanol–water partition coefficient (Wildman–Crippen LogP) is 6.66. The van der Waals surface area contributed by atoms with E-state index in [1.165, 1.54) is 0 Å². The highest BCUT2D eigenvalue weighted by Gasteiger charge is 2.71. The van der Waals surface area contributed by atoms with Crippen molar-refractivity contribution in [2.45, 2.75) is 18.0 Å². The van der Waals surface area contributed by atoms with E-state index in [9.17, 15) is 14.4 Å². The summed E-state index contributed by atoms with van der Waals surface area (Å²) >= 11 is 6.50. The summed E-state index contributed by atoms with van der Waals surface area (Å²) in [5, 5.41) is 0.472. The van der Waals surface area contributed by atoms with E-state index in [4.69, 9.17) is 16.3 Å². The third kappa shape index (κ3) is 3.24. The van der Waals surface area contributed by atoms with Gasteiger partial charge in [-0.1, -0.05) is 78.4 Å². The lowest BCUT2D eigenvalue weighted by atomic mass is 9.64. The molecule has 5 nitrogen and oxygen atoms in total. The Labute approximate surface area is 236 Å². The molecule has 196 valence electrons. The van der Waals surface area contributed by atoms with Crippen molar-refractivity contribution >= 4 is 40.7 Å². The Morgan fingerprint density at radius 1 is 0.850 bits per heavy atom. The summed E-state index contributed by atoms with van der Waals surface area (Å²) in [4.78, 5) is 45.9. The molecule has 0 N–H and O–H groups in total. The van der Waals surface area contributed by atoms with Gasteiger partial charge in [-0.15, -0.1) is 0 Å². The molecule has 1 aliphatic carbocycles. The van der Waals surface area contributed by atoms with Crippen LogP contribution >= 0.6 is 11.6 Å². The molecule has 40 heavy (non-hydrogen) atoms. The fraction of sp³-hybridized carbons (Fsp3) is 0.147. The molecule has 0 amide bonds. The molecule has 0 saturated carbocycles. The van der Waals surface area contributed by atoms with Crippen molar-refractivity contribution in [1.82, 2.24) is 0 Å². The van der Waals surface area contributed by atoms with Crippen LogP contribution in [0.1, 0.15) is 48.1 Å². The van der Waals surface area contributed by atoms with E-state index in [0.29, 0.717) is 33.0 Å². The highest BCUT2D eigenvalue weighted by molar-refractivity contribution is 6.33. The molecule has 0 bridgehead atoms. The van der Waals surface area contributed by atoms with Crippen LogP contribution in [0.5, 0.6) is 5.75 Å². The minimum absolute atomic E-state index is 0.184. The summed E-state index contributed by atoms with van der Waals surface area (Å²) in [6.07, 6.45) is 3.87. The second kappa shape index (κ2) is 9.04. The Morgan fingerprint density at radius 2 is 1.52 bits per heavy atom. The molecule has 1 saturated heterocycles. The minimum Gasteiger partial charge on any atom is -0.497 e. The number of nitrogens with zero attached hydrogens (tertiary/aromatic N) is 1. The summed E-state index contributed by atoms with van der Waals surface area (Å²) in [6, 6.07) is 27.4. The molecule has 6 heteroatoms. The van der Waals surface area contributed by atoms with Gasteiger partial charge in [0.25, 0.3) is 0 Å². The van der Waals surface area contributed by atoms with Gasteiger partial charge in [0, 0.05) is 33.3 Å². The molecule has 1 fully saturated rings. The van der Waals surface area contributed by atoms with E-state index in [1.807, 2.05) is 47.4 Å². The number of Topliss-reactive ketones (excluding diaryl/α,β-unsaturated/α-hetero) is 3. The SMILES string of the molecule is COc1ccc(C(=O)C2C(c3cccc(Cl)c3)C3(C(=O)c4ccccc4C3=O)C3C=Cc4ccccc4N23)cc1. The lowest BCUT2D eigenvalue weighted by Crippen LogP contribution is -2.48. The molecule has 2 aliphatic heterocycles. The van der Waals surface area contributed by atoms with E-state index in [2.05, 4.69) is 0 Å². The van der Waals surface area contributed by atoms with Gasteiger partial charge in [0.15, 0.2) is 17.3 Å². The van der Waals surface area contributed by atoms with Gasteiger partial charge in [0.05, 0.1) is 13.2 Å². The second-order valence-corrected chi connectivity index (χ2v) is 10.8. The van der Waals surface area contributed by atoms with E-state index in [-0.39, 0.29) is 17.3 Å². The van der Waals surface area contributed by atoms with Gasteiger partial charge in [-0.2, -0.15) is 0 Å². The lowest BCUT2D eigenvalue weighted by Gasteiger charge is -2.37. The monoisotopic (exact) mass is 545 g/mol. The van der Waals surface area contributed by atoms with E-state index in [0.717, 1.165) is 11.3 Å². The zero-order valence-corrected chi connectivity index (χ0v) is 22.3. The fourth-order valence-corrected chi connectivity index (χ4v) is 7.12. The Bertz CT molecular complexity index is 1710. The maximum atomic E-state index is 14.6. The Hall–Kier alpha value is -4.48. The quantitative estimate of drug-likeness (QED) is 0.212. The van der Waals surface area contributed by atoms with Crippen LogP contribution in [0.15, 0.2) is 103 Å². The van der Waals surface area contributed by atoms with Gasteiger partial charge in [0.1, 0.15) is 17.2 Å². The summed E-state index contributed by atoms with van der Waals surface area (Å²) in [6.45, 7) is 0. The number of carbonyl (C=O) groups excluding carboxylic acids is 3. The predicted molar refractivity (Wildman–Crippen MR) is 155 cm³/mol. The molecule has 7 rings (SSSR count). The number of hydrogen-bond donors (Lipinski definition) is 0. The topological polar surface area (TPSA) is 63.7 Å². The number of fused-ring (bicyclic) bond motifs is 5. The van der Waals surface area contributed by atoms with E-state index < -0.39 is 23.4 Å². The molecule has 3 unspecified atom stereocenters.